The third kappa shape index (κ3) is 8.34. The first kappa shape index (κ1) is 19.9. The standard InChI is InChI=1S/C17H23N3OS.HI/c1-2-18-17(20-12-16-8-11-22-14-16)19-9-10-21-13-15-6-4-3-5-7-15;/h3-8,11,14H,2,9-10,12-13H2,1H3,(H2,18,19,20);1H. The molecule has 0 amide bonds. The van der Waals surface area contributed by atoms with Crippen molar-refractivity contribution in [2.75, 3.05) is 19.7 Å². The van der Waals surface area contributed by atoms with Gasteiger partial charge in [0.15, 0.2) is 5.96 Å². The van der Waals surface area contributed by atoms with Crippen LogP contribution in [0.1, 0.15) is 18.1 Å². The van der Waals surface area contributed by atoms with Crippen molar-refractivity contribution in [3.05, 3.63) is 58.3 Å². The summed E-state index contributed by atoms with van der Waals surface area (Å²) >= 11 is 1.70. The molecule has 4 nitrogen and oxygen atoms in total. The molecule has 1 aromatic carbocycles. The second-order valence-corrected chi connectivity index (χ2v) is 5.57. The Balaban J connectivity index is 0.00000264. The molecule has 0 radical (unpaired) electrons. The van der Waals surface area contributed by atoms with Crippen LogP contribution in [0, 0.1) is 0 Å². The van der Waals surface area contributed by atoms with Gasteiger partial charge in [-0.1, -0.05) is 30.3 Å². The highest BCUT2D eigenvalue weighted by Gasteiger charge is 1.98. The first-order chi connectivity index (χ1) is 10.9. The Morgan fingerprint density at radius 2 is 1.96 bits per heavy atom. The van der Waals surface area contributed by atoms with Crippen molar-refractivity contribution < 1.29 is 4.74 Å². The Hall–Kier alpha value is -1.12. The van der Waals surface area contributed by atoms with E-state index in [0.717, 1.165) is 19.0 Å². The maximum Gasteiger partial charge on any atom is 0.191 e. The van der Waals surface area contributed by atoms with E-state index in [4.69, 9.17) is 4.74 Å². The molecule has 2 aromatic rings. The van der Waals surface area contributed by atoms with Crippen molar-refractivity contribution in [2.45, 2.75) is 20.1 Å². The van der Waals surface area contributed by atoms with Crippen LogP contribution in [-0.2, 0) is 17.9 Å². The van der Waals surface area contributed by atoms with Gasteiger partial charge in [-0.2, -0.15) is 11.3 Å². The van der Waals surface area contributed by atoms with Gasteiger partial charge in [0.2, 0.25) is 0 Å². The van der Waals surface area contributed by atoms with Crippen LogP contribution in [0.2, 0.25) is 0 Å². The molecule has 0 bridgehead atoms. The molecule has 1 heterocycles. The average molecular weight is 445 g/mol. The molecule has 126 valence electrons. The Labute approximate surface area is 159 Å². The van der Waals surface area contributed by atoms with E-state index in [1.807, 2.05) is 18.2 Å². The summed E-state index contributed by atoms with van der Waals surface area (Å²) in [6.07, 6.45) is 0. The lowest BCUT2D eigenvalue weighted by atomic mass is 10.2. The molecule has 0 aliphatic heterocycles. The van der Waals surface area contributed by atoms with Gasteiger partial charge in [0.25, 0.3) is 0 Å². The van der Waals surface area contributed by atoms with Crippen LogP contribution < -0.4 is 10.6 Å². The fourth-order valence-corrected chi connectivity index (χ4v) is 2.56. The van der Waals surface area contributed by atoms with Crippen molar-refractivity contribution >= 4 is 41.3 Å². The highest BCUT2D eigenvalue weighted by molar-refractivity contribution is 14.0. The largest absolute Gasteiger partial charge is 0.375 e. The van der Waals surface area contributed by atoms with E-state index < -0.39 is 0 Å². The predicted octanol–water partition coefficient (Wildman–Crippen LogP) is 3.64. The van der Waals surface area contributed by atoms with Crippen LogP contribution in [0.3, 0.4) is 0 Å². The summed E-state index contributed by atoms with van der Waals surface area (Å²) in [4.78, 5) is 4.56. The normalized spacial score (nSPS) is 10.9. The summed E-state index contributed by atoms with van der Waals surface area (Å²) in [5, 5.41) is 10.7. The first-order valence-electron chi connectivity index (χ1n) is 7.53. The number of thiophene rings is 1. The van der Waals surface area contributed by atoms with Crippen LogP contribution in [0.5, 0.6) is 0 Å². The number of guanidine groups is 1. The molecule has 2 N–H and O–H groups in total. The molecule has 0 spiro atoms. The lowest BCUT2D eigenvalue weighted by Crippen LogP contribution is -2.38. The van der Waals surface area contributed by atoms with E-state index in [9.17, 15) is 0 Å². The molecule has 6 heteroatoms. The smallest absolute Gasteiger partial charge is 0.191 e. The number of benzene rings is 1. The van der Waals surface area contributed by atoms with Crippen LogP contribution in [0.4, 0.5) is 0 Å². The summed E-state index contributed by atoms with van der Waals surface area (Å²) in [5.74, 6) is 0.831. The third-order valence-corrected chi connectivity index (χ3v) is 3.73. The summed E-state index contributed by atoms with van der Waals surface area (Å²) < 4.78 is 5.66. The van der Waals surface area contributed by atoms with Gasteiger partial charge in [-0.25, -0.2) is 4.99 Å². The van der Waals surface area contributed by atoms with Crippen LogP contribution in [0.25, 0.3) is 0 Å². The monoisotopic (exact) mass is 445 g/mol. The third-order valence-electron chi connectivity index (χ3n) is 2.99. The van der Waals surface area contributed by atoms with Gasteiger partial charge in [-0.15, -0.1) is 24.0 Å². The number of nitrogens with one attached hydrogen (secondary N) is 2. The van der Waals surface area contributed by atoms with Crippen molar-refractivity contribution in [1.82, 2.24) is 10.6 Å². The van der Waals surface area contributed by atoms with E-state index in [-0.39, 0.29) is 24.0 Å². The van der Waals surface area contributed by atoms with Crippen LogP contribution in [-0.4, -0.2) is 25.7 Å². The molecular weight excluding hydrogens is 421 g/mol. The molecule has 0 fully saturated rings. The Morgan fingerprint density at radius 1 is 1.13 bits per heavy atom. The van der Waals surface area contributed by atoms with E-state index in [1.165, 1.54) is 11.1 Å². The minimum absolute atomic E-state index is 0. The van der Waals surface area contributed by atoms with E-state index in [2.05, 4.69) is 51.5 Å². The van der Waals surface area contributed by atoms with Gasteiger partial charge in [-0.05, 0) is 34.9 Å². The van der Waals surface area contributed by atoms with Gasteiger partial charge in [0.1, 0.15) is 0 Å². The second-order valence-electron chi connectivity index (χ2n) is 4.79. The van der Waals surface area contributed by atoms with Crippen molar-refractivity contribution in [2.24, 2.45) is 4.99 Å². The quantitative estimate of drug-likeness (QED) is 0.282. The predicted molar refractivity (Wildman–Crippen MR) is 109 cm³/mol. The molecule has 2 rings (SSSR count). The van der Waals surface area contributed by atoms with Gasteiger partial charge in [0, 0.05) is 13.1 Å². The van der Waals surface area contributed by atoms with Gasteiger partial charge in [-0.3, -0.25) is 0 Å². The fourth-order valence-electron chi connectivity index (χ4n) is 1.90. The molecule has 0 aliphatic rings. The number of nitrogens with zero attached hydrogens (tertiary/aromatic N) is 1. The van der Waals surface area contributed by atoms with Crippen LogP contribution >= 0.6 is 35.3 Å². The van der Waals surface area contributed by atoms with Gasteiger partial charge < -0.3 is 15.4 Å². The summed E-state index contributed by atoms with van der Waals surface area (Å²) in [6, 6.07) is 12.3. The molecule has 0 atom stereocenters. The number of aliphatic imine (C=N–C) groups is 1. The highest BCUT2D eigenvalue weighted by Crippen LogP contribution is 2.06. The SMILES string of the molecule is CCNC(=NCc1ccsc1)NCCOCc1ccccc1.I. The first-order valence-corrected chi connectivity index (χ1v) is 8.47. The van der Waals surface area contributed by atoms with E-state index >= 15 is 0 Å². The molecular formula is C17H24IN3OS. The lowest BCUT2D eigenvalue weighted by molar-refractivity contribution is 0.125. The van der Waals surface area contributed by atoms with Crippen LogP contribution in [0.15, 0.2) is 52.2 Å². The number of rotatable bonds is 8. The number of hydrogen-bond donors (Lipinski definition) is 2. The van der Waals surface area contributed by atoms with Gasteiger partial charge >= 0.3 is 0 Å². The maximum atomic E-state index is 5.66. The molecule has 0 aliphatic carbocycles. The average Bonchev–Trinajstić information content (AvgIpc) is 3.06. The second kappa shape index (κ2) is 12.3. The molecule has 23 heavy (non-hydrogen) atoms. The highest BCUT2D eigenvalue weighted by atomic mass is 127. The lowest BCUT2D eigenvalue weighted by Gasteiger charge is -2.11. The Bertz CT molecular complexity index is 546. The maximum absolute atomic E-state index is 5.66. The minimum atomic E-state index is 0. The minimum Gasteiger partial charge on any atom is -0.375 e. The van der Waals surface area contributed by atoms with Gasteiger partial charge in [0.05, 0.1) is 19.8 Å². The zero-order valence-corrected chi connectivity index (χ0v) is 16.5. The topological polar surface area (TPSA) is 45.7 Å². The molecule has 1 aromatic heterocycles. The van der Waals surface area contributed by atoms with Crippen molar-refractivity contribution in [1.29, 1.82) is 0 Å². The number of hydrogen-bond acceptors (Lipinski definition) is 3. The summed E-state index contributed by atoms with van der Waals surface area (Å²) in [5.41, 5.74) is 2.43. The molecule has 0 unspecified atom stereocenters. The molecule has 0 saturated carbocycles. The summed E-state index contributed by atoms with van der Waals surface area (Å²) in [6.45, 7) is 5.64. The number of ether oxygens (including phenoxy) is 1. The number of halogens is 1. The van der Waals surface area contributed by atoms with E-state index in [1.54, 1.807) is 11.3 Å². The molecule has 0 saturated heterocycles. The Morgan fingerprint density at radius 3 is 2.65 bits per heavy atom. The zero-order chi connectivity index (χ0) is 15.5. The fraction of sp³-hybridized carbons (Fsp3) is 0.353. The summed E-state index contributed by atoms with van der Waals surface area (Å²) in [7, 11) is 0. The Kier molecular flexibility index (Phi) is 10.7. The zero-order valence-electron chi connectivity index (χ0n) is 13.3. The van der Waals surface area contributed by atoms with Crippen molar-refractivity contribution in [3.8, 4) is 0 Å². The van der Waals surface area contributed by atoms with Crippen molar-refractivity contribution in [3.63, 3.8) is 0 Å². The van der Waals surface area contributed by atoms with E-state index in [0.29, 0.717) is 19.8 Å².